The number of rotatable bonds is 5. The summed E-state index contributed by atoms with van der Waals surface area (Å²) in [6.07, 6.45) is 1.02. The fourth-order valence-corrected chi connectivity index (χ4v) is 2.87. The maximum atomic E-state index is 13.1. The highest BCUT2D eigenvalue weighted by Crippen LogP contribution is 2.30. The molecule has 0 aliphatic rings. The summed E-state index contributed by atoms with van der Waals surface area (Å²) in [5, 5.41) is 4.15. The van der Waals surface area contributed by atoms with Crippen molar-refractivity contribution in [2.24, 2.45) is 0 Å². The zero-order valence-electron chi connectivity index (χ0n) is 11.2. The van der Waals surface area contributed by atoms with Crippen LogP contribution in [0.4, 0.5) is 4.39 Å². The summed E-state index contributed by atoms with van der Waals surface area (Å²) in [7, 11) is 0. The maximum absolute atomic E-state index is 13.1. The van der Waals surface area contributed by atoms with Crippen LogP contribution in [0.1, 0.15) is 30.5 Å². The Hall–Kier alpha value is -0.900. The Morgan fingerprint density at radius 1 is 1.20 bits per heavy atom. The van der Waals surface area contributed by atoms with Crippen LogP contribution < -0.4 is 5.32 Å². The Kier molecular flexibility index (Phi) is 5.58. The third-order valence-electron chi connectivity index (χ3n) is 3.08. The lowest BCUT2D eigenvalue weighted by atomic mass is 9.98. The van der Waals surface area contributed by atoms with Crippen LogP contribution in [-0.2, 0) is 0 Å². The lowest BCUT2D eigenvalue weighted by Crippen LogP contribution is -2.23. The first-order valence-electron chi connectivity index (χ1n) is 6.55. The summed E-state index contributed by atoms with van der Waals surface area (Å²) >= 11 is 9.75. The van der Waals surface area contributed by atoms with Gasteiger partial charge in [-0.3, -0.25) is 0 Å². The molecule has 0 amide bonds. The lowest BCUT2D eigenvalue weighted by molar-refractivity contribution is 0.593. The first-order valence-corrected chi connectivity index (χ1v) is 7.72. The van der Waals surface area contributed by atoms with Crippen LogP contribution in [0.25, 0.3) is 0 Å². The summed E-state index contributed by atoms with van der Waals surface area (Å²) in [6.45, 7) is 2.98. The van der Waals surface area contributed by atoms with E-state index < -0.39 is 0 Å². The van der Waals surface area contributed by atoms with Crippen molar-refractivity contribution in [2.75, 3.05) is 6.54 Å². The molecule has 0 heterocycles. The zero-order chi connectivity index (χ0) is 14.5. The highest BCUT2D eigenvalue weighted by Gasteiger charge is 2.16. The van der Waals surface area contributed by atoms with Crippen molar-refractivity contribution >= 4 is 27.5 Å². The molecule has 0 aliphatic carbocycles. The monoisotopic (exact) mass is 355 g/mol. The average molecular weight is 357 g/mol. The Balaban J connectivity index is 2.38. The molecule has 20 heavy (non-hydrogen) atoms. The SMILES string of the molecule is CCCNC(c1ccc(F)cc1)c1ccc(Br)cc1Cl. The molecule has 0 bridgehead atoms. The molecule has 4 heteroatoms. The highest BCUT2D eigenvalue weighted by molar-refractivity contribution is 9.10. The molecule has 2 rings (SSSR count). The number of halogens is 3. The van der Waals surface area contributed by atoms with Gasteiger partial charge in [-0.05, 0) is 48.4 Å². The first kappa shape index (κ1) is 15.5. The summed E-state index contributed by atoms with van der Waals surface area (Å²) in [4.78, 5) is 0. The van der Waals surface area contributed by atoms with Gasteiger partial charge in [-0.2, -0.15) is 0 Å². The van der Waals surface area contributed by atoms with Gasteiger partial charge in [0.25, 0.3) is 0 Å². The number of hydrogen-bond donors (Lipinski definition) is 1. The van der Waals surface area contributed by atoms with Gasteiger partial charge in [0, 0.05) is 9.50 Å². The number of nitrogens with one attached hydrogen (secondary N) is 1. The summed E-state index contributed by atoms with van der Waals surface area (Å²) in [5.74, 6) is -0.232. The Labute approximate surface area is 132 Å². The van der Waals surface area contributed by atoms with E-state index in [1.54, 1.807) is 12.1 Å². The third kappa shape index (κ3) is 3.81. The highest BCUT2D eigenvalue weighted by atomic mass is 79.9. The summed E-state index contributed by atoms with van der Waals surface area (Å²) < 4.78 is 14.0. The molecule has 0 fully saturated rings. The Morgan fingerprint density at radius 2 is 1.90 bits per heavy atom. The van der Waals surface area contributed by atoms with Crippen molar-refractivity contribution in [3.05, 3.63) is 68.9 Å². The molecule has 0 saturated heterocycles. The van der Waals surface area contributed by atoms with Gasteiger partial charge in [-0.1, -0.05) is 52.7 Å². The van der Waals surface area contributed by atoms with Gasteiger partial charge in [0.15, 0.2) is 0 Å². The topological polar surface area (TPSA) is 12.0 Å². The van der Waals surface area contributed by atoms with E-state index in [1.807, 2.05) is 18.2 Å². The van der Waals surface area contributed by atoms with E-state index in [4.69, 9.17) is 11.6 Å². The van der Waals surface area contributed by atoms with Crippen molar-refractivity contribution in [3.8, 4) is 0 Å². The normalized spacial score (nSPS) is 12.4. The molecule has 0 aliphatic heterocycles. The minimum Gasteiger partial charge on any atom is -0.306 e. The molecule has 0 spiro atoms. The molecule has 2 aromatic rings. The van der Waals surface area contributed by atoms with E-state index in [2.05, 4.69) is 28.2 Å². The van der Waals surface area contributed by atoms with Crippen molar-refractivity contribution in [1.82, 2.24) is 5.32 Å². The fourth-order valence-electron chi connectivity index (χ4n) is 2.09. The minimum absolute atomic E-state index is 0.0313. The second-order valence-electron chi connectivity index (χ2n) is 4.60. The van der Waals surface area contributed by atoms with E-state index in [-0.39, 0.29) is 11.9 Å². The Morgan fingerprint density at radius 3 is 2.50 bits per heavy atom. The van der Waals surface area contributed by atoms with Crippen LogP contribution in [0.3, 0.4) is 0 Å². The quantitative estimate of drug-likeness (QED) is 0.763. The largest absolute Gasteiger partial charge is 0.306 e. The van der Waals surface area contributed by atoms with Crippen LogP contribution in [0, 0.1) is 5.82 Å². The van der Waals surface area contributed by atoms with Crippen LogP contribution >= 0.6 is 27.5 Å². The zero-order valence-corrected chi connectivity index (χ0v) is 13.5. The molecule has 1 unspecified atom stereocenters. The summed E-state index contributed by atoms with van der Waals surface area (Å²) in [5.41, 5.74) is 2.00. The smallest absolute Gasteiger partial charge is 0.123 e. The van der Waals surface area contributed by atoms with Crippen molar-refractivity contribution in [1.29, 1.82) is 0 Å². The van der Waals surface area contributed by atoms with Crippen molar-refractivity contribution in [2.45, 2.75) is 19.4 Å². The second kappa shape index (κ2) is 7.21. The molecule has 0 radical (unpaired) electrons. The molecular weight excluding hydrogens is 341 g/mol. The van der Waals surface area contributed by atoms with Crippen molar-refractivity contribution in [3.63, 3.8) is 0 Å². The van der Waals surface area contributed by atoms with Gasteiger partial charge in [-0.25, -0.2) is 4.39 Å². The van der Waals surface area contributed by atoms with Crippen molar-refractivity contribution < 1.29 is 4.39 Å². The summed E-state index contributed by atoms with van der Waals surface area (Å²) in [6, 6.07) is 12.3. The van der Waals surface area contributed by atoms with Gasteiger partial charge in [0.05, 0.1) is 6.04 Å². The molecular formula is C16H16BrClFN. The maximum Gasteiger partial charge on any atom is 0.123 e. The predicted octanol–water partition coefficient (Wildman–Crippen LogP) is 5.33. The minimum atomic E-state index is -0.232. The van der Waals surface area contributed by atoms with E-state index in [9.17, 15) is 4.39 Å². The molecule has 1 N–H and O–H groups in total. The van der Waals surface area contributed by atoms with Gasteiger partial charge in [-0.15, -0.1) is 0 Å². The van der Waals surface area contributed by atoms with Gasteiger partial charge in [0.1, 0.15) is 5.82 Å². The van der Waals surface area contributed by atoms with E-state index >= 15 is 0 Å². The number of benzene rings is 2. The molecule has 0 aromatic heterocycles. The third-order valence-corrected chi connectivity index (χ3v) is 3.90. The molecule has 0 saturated carbocycles. The molecule has 2 aromatic carbocycles. The standard InChI is InChI=1S/C16H16BrClFN/c1-2-9-20-16(11-3-6-13(19)7-4-11)14-8-5-12(17)10-15(14)18/h3-8,10,16,20H,2,9H2,1H3. The fraction of sp³-hybridized carbons (Fsp3) is 0.250. The van der Waals surface area contributed by atoms with Crippen LogP contribution in [0.2, 0.25) is 5.02 Å². The predicted molar refractivity (Wildman–Crippen MR) is 85.7 cm³/mol. The van der Waals surface area contributed by atoms with Crippen LogP contribution in [0.5, 0.6) is 0 Å². The lowest BCUT2D eigenvalue weighted by Gasteiger charge is -2.21. The van der Waals surface area contributed by atoms with Crippen LogP contribution in [0.15, 0.2) is 46.9 Å². The van der Waals surface area contributed by atoms with Gasteiger partial charge < -0.3 is 5.32 Å². The Bertz CT molecular complexity index is 571. The second-order valence-corrected chi connectivity index (χ2v) is 5.93. The van der Waals surface area contributed by atoms with E-state index in [0.29, 0.717) is 5.02 Å². The van der Waals surface area contributed by atoms with Gasteiger partial charge >= 0.3 is 0 Å². The van der Waals surface area contributed by atoms with Gasteiger partial charge in [0.2, 0.25) is 0 Å². The van der Waals surface area contributed by atoms with Crippen LogP contribution in [-0.4, -0.2) is 6.54 Å². The van der Waals surface area contributed by atoms with E-state index in [0.717, 1.165) is 28.6 Å². The first-order chi connectivity index (χ1) is 9.61. The molecule has 1 nitrogen and oxygen atoms in total. The van der Waals surface area contributed by atoms with E-state index in [1.165, 1.54) is 12.1 Å². The molecule has 106 valence electrons. The average Bonchev–Trinajstić information content (AvgIpc) is 2.42. The number of hydrogen-bond acceptors (Lipinski definition) is 1. The molecule has 1 atom stereocenters.